The van der Waals surface area contributed by atoms with Gasteiger partial charge < -0.3 is 9.88 Å². The van der Waals surface area contributed by atoms with Crippen LogP contribution in [0.3, 0.4) is 0 Å². The molecular weight excluding hydrogens is 256 g/mol. The van der Waals surface area contributed by atoms with Crippen molar-refractivity contribution in [2.75, 3.05) is 6.54 Å². The molecule has 2 aromatic carbocycles. The van der Waals surface area contributed by atoms with Gasteiger partial charge in [-0.15, -0.1) is 0 Å². The predicted molar refractivity (Wildman–Crippen MR) is 89.5 cm³/mol. The monoisotopic (exact) mass is 278 g/mol. The van der Waals surface area contributed by atoms with Crippen molar-refractivity contribution in [2.45, 2.75) is 26.4 Å². The van der Waals surface area contributed by atoms with Crippen LogP contribution in [0.25, 0.3) is 10.9 Å². The number of aryl methyl sites for hydroxylation is 2. The van der Waals surface area contributed by atoms with Crippen LogP contribution in [0.15, 0.2) is 60.8 Å². The molecule has 0 unspecified atom stereocenters. The summed E-state index contributed by atoms with van der Waals surface area (Å²) in [5, 5.41) is 4.71. The van der Waals surface area contributed by atoms with Crippen LogP contribution in [0.4, 0.5) is 0 Å². The largest absolute Gasteiger partial charge is 0.347 e. The third kappa shape index (κ3) is 3.34. The van der Waals surface area contributed by atoms with Crippen LogP contribution in [-0.4, -0.2) is 11.1 Å². The quantitative estimate of drug-likeness (QED) is 0.721. The second-order valence-corrected chi connectivity index (χ2v) is 5.42. The average molecular weight is 278 g/mol. The van der Waals surface area contributed by atoms with Gasteiger partial charge in [0.15, 0.2) is 0 Å². The number of hydrogen-bond acceptors (Lipinski definition) is 1. The molecule has 0 spiro atoms. The van der Waals surface area contributed by atoms with E-state index in [1.165, 1.54) is 22.0 Å². The number of nitrogens with zero attached hydrogens (tertiary/aromatic N) is 1. The molecule has 0 fully saturated rings. The van der Waals surface area contributed by atoms with Gasteiger partial charge in [-0.2, -0.15) is 0 Å². The molecule has 0 atom stereocenters. The van der Waals surface area contributed by atoms with E-state index in [1.807, 2.05) is 0 Å². The van der Waals surface area contributed by atoms with Gasteiger partial charge in [-0.05, 0) is 41.6 Å². The summed E-state index contributed by atoms with van der Waals surface area (Å²) in [4.78, 5) is 0. The van der Waals surface area contributed by atoms with Gasteiger partial charge in [0.1, 0.15) is 0 Å². The number of hydrogen-bond donors (Lipinski definition) is 1. The van der Waals surface area contributed by atoms with Gasteiger partial charge in [0, 0.05) is 24.8 Å². The van der Waals surface area contributed by atoms with Gasteiger partial charge in [0.05, 0.1) is 0 Å². The maximum Gasteiger partial charge on any atom is 0.0483 e. The lowest BCUT2D eigenvalue weighted by Gasteiger charge is -2.08. The second kappa shape index (κ2) is 6.59. The van der Waals surface area contributed by atoms with E-state index in [9.17, 15) is 0 Å². The van der Waals surface area contributed by atoms with Crippen LogP contribution in [0.2, 0.25) is 0 Å². The predicted octanol–water partition coefficient (Wildman–Crippen LogP) is 3.99. The average Bonchev–Trinajstić information content (AvgIpc) is 2.94. The molecule has 0 bridgehead atoms. The molecule has 21 heavy (non-hydrogen) atoms. The molecule has 2 nitrogen and oxygen atoms in total. The van der Waals surface area contributed by atoms with Crippen LogP contribution in [-0.2, 0) is 19.5 Å². The first-order chi connectivity index (χ1) is 10.4. The topological polar surface area (TPSA) is 17.0 Å². The fourth-order valence-electron chi connectivity index (χ4n) is 2.70. The molecule has 1 N–H and O–H groups in total. The maximum atomic E-state index is 3.39. The molecule has 1 aromatic heterocycles. The lowest BCUT2D eigenvalue weighted by molar-refractivity contribution is 0.716. The van der Waals surface area contributed by atoms with Gasteiger partial charge in [0.25, 0.3) is 0 Å². The third-order valence-corrected chi connectivity index (χ3v) is 3.90. The summed E-state index contributed by atoms with van der Waals surface area (Å²) in [6.07, 6.45) is 3.27. The Kier molecular flexibility index (Phi) is 4.37. The summed E-state index contributed by atoms with van der Waals surface area (Å²) in [5.41, 5.74) is 4.08. The zero-order chi connectivity index (χ0) is 14.5. The van der Waals surface area contributed by atoms with E-state index in [0.29, 0.717) is 0 Å². The van der Waals surface area contributed by atoms with Crippen molar-refractivity contribution in [1.82, 2.24) is 9.88 Å². The van der Waals surface area contributed by atoms with Crippen LogP contribution in [0.1, 0.15) is 18.1 Å². The molecule has 0 amide bonds. The van der Waals surface area contributed by atoms with E-state index in [4.69, 9.17) is 0 Å². The van der Waals surface area contributed by atoms with E-state index in [0.717, 1.165) is 26.1 Å². The normalized spacial score (nSPS) is 11.1. The van der Waals surface area contributed by atoms with E-state index in [-0.39, 0.29) is 0 Å². The summed E-state index contributed by atoms with van der Waals surface area (Å²) >= 11 is 0. The number of rotatable bonds is 6. The van der Waals surface area contributed by atoms with E-state index < -0.39 is 0 Å². The molecule has 0 saturated heterocycles. The molecule has 0 radical (unpaired) electrons. The first-order valence-corrected chi connectivity index (χ1v) is 7.69. The molecule has 108 valence electrons. The minimum atomic E-state index is 0.941. The molecular formula is C19H22N2. The molecule has 3 aromatic rings. The van der Waals surface area contributed by atoms with Crippen LogP contribution >= 0.6 is 0 Å². The number of benzene rings is 2. The molecule has 0 aliphatic rings. The highest BCUT2D eigenvalue weighted by molar-refractivity contribution is 5.80. The lowest BCUT2D eigenvalue weighted by Crippen LogP contribution is -2.11. The SMILES string of the molecule is CCNCc1ccc2ccn(CCc3ccccc3)c2c1. The van der Waals surface area contributed by atoms with Crippen molar-refractivity contribution in [3.05, 3.63) is 71.9 Å². The van der Waals surface area contributed by atoms with Gasteiger partial charge >= 0.3 is 0 Å². The Morgan fingerprint density at radius 2 is 1.81 bits per heavy atom. The molecule has 0 aliphatic carbocycles. The fourth-order valence-corrected chi connectivity index (χ4v) is 2.70. The van der Waals surface area contributed by atoms with Crippen LogP contribution in [0, 0.1) is 0 Å². The van der Waals surface area contributed by atoms with Crippen molar-refractivity contribution >= 4 is 10.9 Å². The smallest absolute Gasteiger partial charge is 0.0483 e. The zero-order valence-corrected chi connectivity index (χ0v) is 12.5. The third-order valence-electron chi connectivity index (χ3n) is 3.90. The Hall–Kier alpha value is -2.06. The first-order valence-electron chi connectivity index (χ1n) is 7.69. The molecule has 3 rings (SSSR count). The van der Waals surface area contributed by atoms with Crippen LogP contribution in [0.5, 0.6) is 0 Å². The van der Waals surface area contributed by atoms with Crippen molar-refractivity contribution in [2.24, 2.45) is 0 Å². The highest BCUT2D eigenvalue weighted by Gasteiger charge is 2.03. The number of nitrogens with one attached hydrogen (secondary N) is 1. The second-order valence-electron chi connectivity index (χ2n) is 5.42. The lowest BCUT2D eigenvalue weighted by atomic mass is 10.1. The summed E-state index contributed by atoms with van der Waals surface area (Å²) in [6.45, 7) is 5.11. The highest BCUT2D eigenvalue weighted by Crippen LogP contribution is 2.18. The van der Waals surface area contributed by atoms with Crippen molar-refractivity contribution in [3.8, 4) is 0 Å². The molecule has 2 heteroatoms. The van der Waals surface area contributed by atoms with Crippen LogP contribution < -0.4 is 5.32 Å². The van der Waals surface area contributed by atoms with E-state index >= 15 is 0 Å². The highest BCUT2D eigenvalue weighted by atomic mass is 14.9. The van der Waals surface area contributed by atoms with Gasteiger partial charge in [-0.1, -0.05) is 49.4 Å². The Morgan fingerprint density at radius 3 is 2.62 bits per heavy atom. The fraction of sp³-hybridized carbons (Fsp3) is 0.263. The number of aromatic nitrogens is 1. The summed E-state index contributed by atoms with van der Waals surface area (Å²) in [5.74, 6) is 0. The Bertz CT molecular complexity index is 698. The summed E-state index contributed by atoms with van der Waals surface area (Å²) < 4.78 is 2.36. The number of fused-ring (bicyclic) bond motifs is 1. The minimum absolute atomic E-state index is 0.941. The molecule has 0 saturated carbocycles. The van der Waals surface area contributed by atoms with Gasteiger partial charge in [-0.3, -0.25) is 0 Å². The Morgan fingerprint density at radius 1 is 0.952 bits per heavy atom. The molecule has 0 aliphatic heterocycles. The van der Waals surface area contributed by atoms with Crippen molar-refractivity contribution in [1.29, 1.82) is 0 Å². The Balaban J connectivity index is 1.78. The van der Waals surface area contributed by atoms with E-state index in [1.54, 1.807) is 0 Å². The molecule has 1 heterocycles. The van der Waals surface area contributed by atoms with Crippen molar-refractivity contribution in [3.63, 3.8) is 0 Å². The van der Waals surface area contributed by atoms with Gasteiger partial charge in [0.2, 0.25) is 0 Å². The minimum Gasteiger partial charge on any atom is -0.347 e. The summed E-state index contributed by atoms with van der Waals surface area (Å²) in [6, 6.07) is 19.6. The standard InChI is InChI=1S/C19H22N2/c1-2-20-15-17-8-9-18-11-13-21(19(18)14-17)12-10-16-6-4-3-5-7-16/h3-9,11,13-14,20H,2,10,12,15H2,1H3. The van der Waals surface area contributed by atoms with E-state index in [2.05, 4.69) is 77.6 Å². The first kappa shape index (κ1) is 13.9. The maximum absolute atomic E-state index is 3.39. The van der Waals surface area contributed by atoms with Gasteiger partial charge in [-0.25, -0.2) is 0 Å². The Labute approximate surface area is 126 Å². The summed E-state index contributed by atoms with van der Waals surface area (Å²) in [7, 11) is 0. The van der Waals surface area contributed by atoms with Crippen molar-refractivity contribution < 1.29 is 0 Å². The zero-order valence-electron chi connectivity index (χ0n) is 12.5.